The highest BCUT2D eigenvalue weighted by Gasteiger charge is 2.38. The van der Waals surface area contributed by atoms with Gasteiger partial charge in [-0.05, 0) is 53.2 Å². The summed E-state index contributed by atoms with van der Waals surface area (Å²) in [6, 6.07) is 3.84. The van der Waals surface area contributed by atoms with Gasteiger partial charge in [-0.15, -0.1) is 0 Å². The van der Waals surface area contributed by atoms with Gasteiger partial charge in [0.25, 0.3) is 0 Å². The lowest BCUT2D eigenvalue weighted by Gasteiger charge is -2.27. The highest BCUT2D eigenvalue weighted by atomic mass is 16.6. The molecule has 21 heavy (non-hydrogen) atoms. The number of rotatable bonds is 3. The summed E-state index contributed by atoms with van der Waals surface area (Å²) in [4.78, 5) is 13.8. The number of amides is 1. The third-order valence-electron chi connectivity index (χ3n) is 3.45. The van der Waals surface area contributed by atoms with Crippen molar-refractivity contribution in [3.63, 3.8) is 0 Å². The average Bonchev–Trinajstić information content (AvgIpc) is 2.92. The molecule has 1 amide bonds. The summed E-state index contributed by atoms with van der Waals surface area (Å²) in [5.74, 6) is 1.69. The monoisotopic (exact) mass is 295 g/mol. The van der Waals surface area contributed by atoms with Crippen LogP contribution in [0.15, 0.2) is 16.5 Å². The molecule has 0 aliphatic carbocycles. The summed E-state index contributed by atoms with van der Waals surface area (Å²) in [5, 5.41) is 0. The Labute approximate surface area is 126 Å². The third kappa shape index (κ3) is 4.49. The van der Waals surface area contributed by atoms with Gasteiger partial charge < -0.3 is 18.8 Å². The van der Waals surface area contributed by atoms with E-state index in [4.69, 9.17) is 13.9 Å². The van der Waals surface area contributed by atoms with Crippen molar-refractivity contribution in [3.8, 4) is 0 Å². The van der Waals surface area contributed by atoms with Gasteiger partial charge in [0.05, 0.1) is 12.1 Å². The molecular weight excluding hydrogens is 270 g/mol. The molecule has 2 rings (SSSR count). The molecule has 1 aliphatic heterocycles. The Balaban J connectivity index is 1.86. The van der Waals surface area contributed by atoms with Crippen LogP contribution in [0.4, 0.5) is 4.79 Å². The number of hydrogen-bond acceptors (Lipinski definition) is 4. The molecule has 2 heterocycles. The van der Waals surface area contributed by atoms with E-state index in [-0.39, 0.29) is 11.7 Å². The number of aryl methyl sites for hydroxylation is 1. The van der Waals surface area contributed by atoms with E-state index < -0.39 is 5.60 Å². The molecule has 1 unspecified atom stereocenters. The van der Waals surface area contributed by atoms with Crippen molar-refractivity contribution < 1.29 is 18.7 Å². The van der Waals surface area contributed by atoms with Crippen LogP contribution in [0.2, 0.25) is 0 Å². The molecule has 1 aromatic heterocycles. The quantitative estimate of drug-likeness (QED) is 0.856. The molecule has 0 bridgehead atoms. The smallest absolute Gasteiger partial charge is 0.410 e. The molecule has 0 aromatic carbocycles. The van der Waals surface area contributed by atoms with Gasteiger partial charge in [-0.3, -0.25) is 0 Å². The zero-order chi connectivity index (χ0) is 15.7. The number of ether oxygens (including phenoxy) is 2. The molecular formula is C16H25NO4. The van der Waals surface area contributed by atoms with Crippen LogP contribution in [0, 0.1) is 6.92 Å². The first-order chi connectivity index (χ1) is 9.67. The van der Waals surface area contributed by atoms with E-state index in [0.717, 1.165) is 17.9 Å². The van der Waals surface area contributed by atoms with E-state index in [1.54, 1.807) is 4.90 Å². The third-order valence-corrected chi connectivity index (χ3v) is 3.45. The van der Waals surface area contributed by atoms with Crippen LogP contribution in [0.1, 0.15) is 45.6 Å². The first kappa shape index (κ1) is 15.9. The van der Waals surface area contributed by atoms with Crippen molar-refractivity contribution in [2.45, 2.75) is 58.8 Å². The van der Waals surface area contributed by atoms with E-state index in [1.165, 1.54) is 0 Å². The van der Waals surface area contributed by atoms with Gasteiger partial charge in [-0.1, -0.05) is 0 Å². The summed E-state index contributed by atoms with van der Waals surface area (Å²) in [7, 11) is 0. The predicted octanol–water partition coefficient (Wildman–Crippen LogP) is 3.50. The normalized spacial score (nSPS) is 22.6. The van der Waals surface area contributed by atoms with E-state index in [2.05, 4.69) is 0 Å². The Kier molecular flexibility index (Phi) is 4.33. The molecule has 0 saturated carbocycles. The molecule has 1 aliphatic rings. The number of nitrogens with zero attached hydrogens (tertiary/aromatic N) is 1. The fraction of sp³-hybridized carbons (Fsp3) is 0.688. The standard InChI is InChI=1S/C16H25NO4/c1-12-6-7-13(20-12)10-19-16(5)8-9-17(11-16)14(18)21-15(2,3)4/h6-7H,8-11H2,1-5H3. The van der Waals surface area contributed by atoms with Gasteiger partial charge in [0, 0.05) is 6.54 Å². The van der Waals surface area contributed by atoms with Crippen molar-refractivity contribution in [2.75, 3.05) is 13.1 Å². The van der Waals surface area contributed by atoms with Crippen molar-refractivity contribution in [2.24, 2.45) is 0 Å². The zero-order valence-electron chi connectivity index (χ0n) is 13.6. The van der Waals surface area contributed by atoms with E-state index in [0.29, 0.717) is 19.7 Å². The number of hydrogen-bond donors (Lipinski definition) is 0. The summed E-state index contributed by atoms with van der Waals surface area (Å²) in [6.07, 6.45) is 0.523. The lowest BCUT2D eigenvalue weighted by molar-refractivity contribution is -0.0435. The minimum atomic E-state index is -0.470. The van der Waals surface area contributed by atoms with Crippen LogP contribution in [0.3, 0.4) is 0 Å². The van der Waals surface area contributed by atoms with E-state index in [9.17, 15) is 4.79 Å². The summed E-state index contributed by atoms with van der Waals surface area (Å²) >= 11 is 0. The number of carbonyl (C=O) groups excluding carboxylic acids is 1. The Bertz CT molecular complexity index is 503. The first-order valence-corrected chi connectivity index (χ1v) is 7.34. The maximum atomic E-state index is 12.1. The van der Waals surface area contributed by atoms with Gasteiger partial charge in [0.2, 0.25) is 0 Å². The van der Waals surface area contributed by atoms with Crippen LogP contribution in [0.25, 0.3) is 0 Å². The SMILES string of the molecule is Cc1ccc(COC2(C)CCN(C(=O)OC(C)(C)C)C2)o1. The molecule has 1 aromatic rings. The maximum absolute atomic E-state index is 12.1. The van der Waals surface area contributed by atoms with Crippen LogP contribution in [-0.2, 0) is 16.1 Å². The summed E-state index contributed by atoms with van der Waals surface area (Å²) in [5.41, 5.74) is -0.819. The maximum Gasteiger partial charge on any atom is 0.410 e. The lowest BCUT2D eigenvalue weighted by atomic mass is 10.1. The average molecular weight is 295 g/mol. The second-order valence-corrected chi connectivity index (χ2v) is 6.90. The van der Waals surface area contributed by atoms with Gasteiger partial charge in [-0.2, -0.15) is 0 Å². The van der Waals surface area contributed by atoms with Crippen LogP contribution >= 0.6 is 0 Å². The molecule has 1 fully saturated rings. The Morgan fingerprint density at radius 2 is 2.14 bits per heavy atom. The Morgan fingerprint density at radius 3 is 2.71 bits per heavy atom. The van der Waals surface area contributed by atoms with E-state index >= 15 is 0 Å². The number of likely N-dealkylation sites (tertiary alicyclic amines) is 1. The second-order valence-electron chi connectivity index (χ2n) is 6.90. The highest BCUT2D eigenvalue weighted by Crippen LogP contribution is 2.27. The van der Waals surface area contributed by atoms with Crippen molar-refractivity contribution in [3.05, 3.63) is 23.7 Å². The van der Waals surface area contributed by atoms with Crippen LogP contribution in [-0.4, -0.2) is 35.3 Å². The predicted molar refractivity (Wildman–Crippen MR) is 79.1 cm³/mol. The molecule has 5 nitrogen and oxygen atoms in total. The minimum Gasteiger partial charge on any atom is -0.464 e. The topological polar surface area (TPSA) is 51.9 Å². The van der Waals surface area contributed by atoms with Gasteiger partial charge in [0.15, 0.2) is 0 Å². The Morgan fingerprint density at radius 1 is 1.43 bits per heavy atom. The second kappa shape index (κ2) is 5.72. The number of carbonyl (C=O) groups is 1. The molecule has 1 atom stereocenters. The fourth-order valence-electron chi connectivity index (χ4n) is 2.34. The molecule has 0 spiro atoms. The molecule has 1 saturated heterocycles. The zero-order valence-corrected chi connectivity index (χ0v) is 13.6. The van der Waals surface area contributed by atoms with Crippen molar-refractivity contribution in [1.82, 2.24) is 4.90 Å². The molecule has 0 radical (unpaired) electrons. The largest absolute Gasteiger partial charge is 0.464 e. The minimum absolute atomic E-state index is 0.274. The van der Waals surface area contributed by atoms with E-state index in [1.807, 2.05) is 46.8 Å². The molecule has 0 N–H and O–H groups in total. The first-order valence-electron chi connectivity index (χ1n) is 7.34. The summed E-state index contributed by atoms with van der Waals surface area (Å²) < 4.78 is 16.8. The highest BCUT2D eigenvalue weighted by molar-refractivity contribution is 5.68. The van der Waals surface area contributed by atoms with Gasteiger partial charge in [0.1, 0.15) is 23.7 Å². The van der Waals surface area contributed by atoms with Crippen LogP contribution < -0.4 is 0 Å². The lowest BCUT2D eigenvalue weighted by Crippen LogP contribution is -2.39. The van der Waals surface area contributed by atoms with Crippen LogP contribution in [0.5, 0.6) is 0 Å². The van der Waals surface area contributed by atoms with Gasteiger partial charge in [-0.25, -0.2) is 4.79 Å². The van der Waals surface area contributed by atoms with Crippen molar-refractivity contribution >= 4 is 6.09 Å². The van der Waals surface area contributed by atoms with Gasteiger partial charge >= 0.3 is 6.09 Å². The fourth-order valence-corrected chi connectivity index (χ4v) is 2.34. The molecule has 118 valence electrons. The van der Waals surface area contributed by atoms with Crippen molar-refractivity contribution in [1.29, 1.82) is 0 Å². The Hall–Kier alpha value is -1.49. The summed E-state index contributed by atoms with van der Waals surface area (Å²) in [6.45, 7) is 11.2. The molecule has 5 heteroatoms. The number of furan rings is 1.